The Morgan fingerprint density at radius 2 is 1.83 bits per heavy atom. The Hall–Kier alpha value is -0.160. The molecule has 0 amide bonds. The second-order valence-corrected chi connectivity index (χ2v) is 5.83. The van der Waals surface area contributed by atoms with Crippen molar-refractivity contribution in [1.29, 1.82) is 0 Å². The lowest BCUT2D eigenvalue weighted by atomic mass is 9.95. The number of nitrogens with zero attached hydrogens (tertiary/aromatic N) is 2. The predicted molar refractivity (Wildman–Crippen MR) is 74.7 cm³/mol. The number of hydrogen-bond acceptors (Lipinski definition) is 4. The highest BCUT2D eigenvalue weighted by molar-refractivity contribution is 4.81. The summed E-state index contributed by atoms with van der Waals surface area (Å²) in [5.74, 6) is 0.903. The van der Waals surface area contributed by atoms with Crippen LogP contribution in [0.4, 0.5) is 0 Å². The first-order chi connectivity index (χ1) is 8.83. The zero-order chi connectivity index (χ0) is 12.8. The lowest BCUT2D eigenvalue weighted by molar-refractivity contribution is 0.0631. The maximum atomic E-state index is 5.83. The van der Waals surface area contributed by atoms with Crippen molar-refractivity contribution in [2.75, 3.05) is 53.0 Å². The third-order valence-corrected chi connectivity index (χ3v) is 4.51. The van der Waals surface area contributed by atoms with E-state index < -0.39 is 0 Å². The van der Waals surface area contributed by atoms with E-state index in [4.69, 9.17) is 10.5 Å². The summed E-state index contributed by atoms with van der Waals surface area (Å²) in [6.45, 7) is 7.86. The van der Waals surface area contributed by atoms with E-state index in [0.717, 1.165) is 12.5 Å². The molecule has 2 fully saturated rings. The van der Waals surface area contributed by atoms with Crippen LogP contribution in [0, 0.1) is 5.92 Å². The first kappa shape index (κ1) is 14.3. The highest BCUT2D eigenvalue weighted by atomic mass is 16.5. The van der Waals surface area contributed by atoms with Crippen LogP contribution in [-0.2, 0) is 4.74 Å². The van der Waals surface area contributed by atoms with Crippen LogP contribution in [0.25, 0.3) is 0 Å². The second kappa shape index (κ2) is 7.43. The van der Waals surface area contributed by atoms with Gasteiger partial charge in [0.2, 0.25) is 0 Å². The van der Waals surface area contributed by atoms with Crippen molar-refractivity contribution in [3.8, 4) is 0 Å². The van der Waals surface area contributed by atoms with E-state index in [1.165, 1.54) is 58.4 Å². The minimum Gasteiger partial charge on any atom is -0.383 e. The van der Waals surface area contributed by atoms with E-state index in [0.29, 0.717) is 12.6 Å². The van der Waals surface area contributed by atoms with E-state index in [-0.39, 0.29) is 0 Å². The number of piperidine rings is 1. The third kappa shape index (κ3) is 3.92. The molecular formula is C14H29N3O. The molecule has 0 aromatic rings. The van der Waals surface area contributed by atoms with E-state index in [9.17, 15) is 0 Å². The van der Waals surface area contributed by atoms with Crippen LogP contribution >= 0.6 is 0 Å². The maximum absolute atomic E-state index is 5.83. The molecule has 0 aromatic carbocycles. The van der Waals surface area contributed by atoms with Gasteiger partial charge in [-0.3, -0.25) is 4.90 Å². The summed E-state index contributed by atoms with van der Waals surface area (Å²) in [6.07, 6.45) is 5.47. The molecule has 2 N–H and O–H groups in total. The normalized spacial score (nSPS) is 25.7. The fourth-order valence-corrected chi connectivity index (χ4v) is 3.35. The summed E-state index contributed by atoms with van der Waals surface area (Å²) >= 11 is 0. The molecule has 1 atom stereocenters. The molecule has 2 aliphatic rings. The predicted octanol–water partition coefficient (Wildman–Crippen LogP) is 0.768. The van der Waals surface area contributed by atoms with Gasteiger partial charge in [-0.1, -0.05) is 0 Å². The van der Waals surface area contributed by atoms with Crippen molar-refractivity contribution in [2.45, 2.75) is 31.7 Å². The van der Waals surface area contributed by atoms with Crippen LogP contribution in [0.2, 0.25) is 0 Å². The Morgan fingerprint density at radius 1 is 1.17 bits per heavy atom. The van der Waals surface area contributed by atoms with Gasteiger partial charge >= 0.3 is 0 Å². The molecule has 4 heteroatoms. The van der Waals surface area contributed by atoms with Gasteiger partial charge in [-0.25, -0.2) is 0 Å². The van der Waals surface area contributed by atoms with Crippen LogP contribution in [-0.4, -0.2) is 68.8 Å². The minimum absolute atomic E-state index is 0.419. The molecule has 2 aliphatic heterocycles. The van der Waals surface area contributed by atoms with Gasteiger partial charge in [0.05, 0.1) is 6.61 Å². The number of likely N-dealkylation sites (tertiary alicyclic amines) is 2. The average Bonchev–Trinajstić information content (AvgIpc) is 2.90. The highest BCUT2D eigenvalue weighted by Gasteiger charge is 2.26. The number of methoxy groups -OCH3 is 1. The van der Waals surface area contributed by atoms with Gasteiger partial charge in [0.25, 0.3) is 0 Å². The Morgan fingerprint density at radius 3 is 2.39 bits per heavy atom. The Kier molecular flexibility index (Phi) is 5.89. The van der Waals surface area contributed by atoms with Gasteiger partial charge in [-0.05, 0) is 57.8 Å². The first-order valence-corrected chi connectivity index (χ1v) is 7.49. The van der Waals surface area contributed by atoms with Gasteiger partial charge in [0.1, 0.15) is 0 Å². The van der Waals surface area contributed by atoms with E-state index in [2.05, 4.69) is 9.80 Å². The average molecular weight is 255 g/mol. The molecule has 2 heterocycles. The summed E-state index contributed by atoms with van der Waals surface area (Å²) in [4.78, 5) is 5.17. The molecule has 0 bridgehead atoms. The van der Waals surface area contributed by atoms with Crippen LogP contribution < -0.4 is 5.73 Å². The van der Waals surface area contributed by atoms with Gasteiger partial charge in [0.15, 0.2) is 0 Å². The van der Waals surface area contributed by atoms with Gasteiger partial charge in [-0.2, -0.15) is 0 Å². The molecule has 0 aromatic heterocycles. The molecule has 4 nitrogen and oxygen atoms in total. The van der Waals surface area contributed by atoms with Gasteiger partial charge < -0.3 is 15.4 Å². The summed E-state index contributed by atoms with van der Waals surface area (Å²) in [7, 11) is 1.77. The lowest BCUT2D eigenvalue weighted by Gasteiger charge is -2.37. The summed E-state index contributed by atoms with van der Waals surface area (Å²) < 4.78 is 5.25. The van der Waals surface area contributed by atoms with Crippen LogP contribution in [0.1, 0.15) is 25.7 Å². The molecule has 0 radical (unpaired) electrons. The molecular weight excluding hydrogens is 226 g/mol. The van der Waals surface area contributed by atoms with Crippen LogP contribution in [0.3, 0.4) is 0 Å². The van der Waals surface area contributed by atoms with E-state index >= 15 is 0 Å². The smallest absolute Gasteiger partial charge is 0.0630 e. The molecule has 1 unspecified atom stereocenters. The molecule has 0 aliphatic carbocycles. The first-order valence-electron chi connectivity index (χ1n) is 7.49. The lowest BCUT2D eigenvalue weighted by Crippen LogP contribution is -2.48. The second-order valence-electron chi connectivity index (χ2n) is 5.83. The number of ether oxygens (including phenoxy) is 1. The summed E-state index contributed by atoms with van der Waals surface area (Å²) in [6, 6.07) is 0.419. The minimum atomic E-state index is 0.419. The van der Waals surface area contributed by atoms with Crippen molar-refractivity contribution in [2.24, 2.45) is 11.7 Å². The fourth-order valence-electron chi connectivity index (χ4n) is 3.35. The maximum Gasteiger partial charge on any atom is 0.0630 e. The highest BCUT2D eigenvalue weighted by Crippen LogP contribution is 2.21. The molecule has 2 rings (SSSR count). The van der Waals surface area contributed by atoms with Gasteiger partial charge in [0, 0.05) is 26.2 Å². The Bertz CT molecular complexity index is 223. The molecule has 0 spiro atoms. The third-order valence-electron chi connectivity index (χ3n) is 4.51. The molecule has 18 heavy (non-hydrogen) atoms. The Labute approximate surface area is 111 Å². The largest absolute Gasteiger partial charge is 0.383 e. The van der Waals surface area contributed by atoms with Crippen LogP contribution in [0.5, 0.6) is 0 Å². The van der Waals surface area contributed by atoms with E-state index in [1.54, 1.807) is 7.11 Å². The van der Waals surface area contributed by atoms with Crippen LogP contribution in [0.15, 0.2) is 0 Å². The number of rotatable bonds is 6. The quantitative estimate of drug-likeness (QED) is 0.761. The Balaban J connectivity index is 1.69. The standard InChI is InChI=1S/C14H29N3O/c1-18-12-14(10-15)17-8-4-13(5-9-17)11-16-6-2-3-7-16/h13-14H,2-12,15H2,1H3. The van der Waals surface area contributed by atoms with Gasteiger partial charge in [-0.15, -0.1) is 0 Å². The summed E-state index contributed by atoms with van der Waals surface area (Å²) in [5.41, 5.74) is 5.83. The zero-order valence-corrected chi connectivity index (χ0v) is 11.8. The molecule has 106 valence electrons. The monoisotopic (exact) mass is 255 g/mol. The van der Waals surface area contributed by atoms with Crippen molar-refractivity contribution in [3.05, 3.63) is 0 Å². The van der Waals surface area contributed by atoms with Crippen molar-refractivity contribution < 1.29 is 4.74 Å². The fraction of sp³-hybridized carbons (Fsp3) is 1.00. The SMILES string of the molecule is COCC(CN)N1CCC(CN2CCCC2)CC1. The van der Waals surface area contributed by atoms with Crippen molar-refractivity contribution >= 4 is 0 Å². The number of nitrogens with two attached hydrogens (primary N) is 1. The van der Waals surface area contributed by atoms with E-state index in [1.807, 2.05) is 0 Å². The topological polar surface area (TPSA) is 41.7 Å². The number of hydrogen-bond donors (Lipinski definition) is 1. The van der Waals surface area contributed by atoms with Crippen molar-refractivity contribution in [3.63, 3.8) is 0 Å². The molecule has 2 saturated heterocycles. The summed E-state index contributed by atoms with van der Waals surface area (Å²) in [5, 5.41) is 0. The molecule has 0 saturated carbocycles. The van der Waals surface area contributed by atoms with Crippen molar-refractivity contribution in [1.82, 2.24) is 9.80 Å². The zero-order valence-electron chi connectivity index (χ0n) is 11.8.